The van der Waals surface area contributed by atoms with Gasteiger partial charge in [0.2, 0.25) is 0 Å². The second-order valence-electron chi connectivity index (χ2n) is 5.96. The van der Waals surface area contributed by atoms with Gasteiger partial charge in [-0.1, -0.05) is 22.6 Å². The van der Waals surface area contributed by atoms with Crippen molar-refractivity contribution in [1.29, 1.82) is 0 Å². The summed E-state index contributed by atoms with van der Waals surface area (Å²) in [6.07, 6.45) is 4.02. The van der Waals surface area contributed by atoms with Gasteiger partial charge < -0.3 is 19.9 Å². The number of rotatable bonds is 2. The van der Waals surface area contributed by atoms with Crippen LogP contribution in [0.25, 0.3) is 11.2 Å². The van der Waals surface area contributed by atoms with E-state index in [2.05, 4.69) is 37.5 Å². The molecule has 2 aliphatic rings. The molecule has 0 amide bonds. The van der Waals surface area contributed by atoms with E-state index in [1.807, 2.05) is 28.6 Å². The topological polar surface area (TPSA) is 97.3 Å². The van der Waals surface area contributed by atoms with Crippen LogP contribution in [0, 0.1) is 0 Å². The second-order valence-corrected chi connectivity index (χ2v) is 6.68. The summed E-state index contributed by atoms with van der Waals surface area (Å²) in [5, 5.41) is 0. The Labute approximate surface area is 146 Å². The molecule has 0 unspecified atom stereocenters. The number of fused-ring (bicyclic) bond motifs is 2. The molecule has 2 aromatic rings. The second kappa shape index (κ2) is 5.36. The van der Waals surface area contributed by atoms with E-state index < -0.39 is 12.0 Å². The Morgan fingerprint density at radius 2 is 2.04 bits per heavy atom. The van der Waals surface area contributed by atoms with Crippen LogP contribution < -0.4 is 5.73 Å². The molecule has 122 valence electrons. The monoisotopic (exact) mass is 429 g/mol. The Morgan fingerprint density at radius 1 is 1.26 bits per heavy atom. The summed E-state index contributed by atoms with van der Waals surface area (Å²) in [6.45, 7) is 3.80. The third-order valence-electron chi connectivity index (χ3n) is 3.99. The fraction of sp³-hybridized carbons (Fsp3) is 0.500. The first-order chi connectivity index (χ1) is 11.0. The van der Waals surface area contributed by atoms with E-state index in [-0.39, 0.29) is 18.3 Å². The van der Waals surface area contributed by atoms with Gasteiger partial charge in [0, 0.05) is 0 Å². The van der Waals surface area contributed by atoms with Gasteiger partial charge in [-0.3, -0.25) is 4.57 Å². The first-order valence-electron chi connectivity index (χ1n) is 7.21. The van der Waals surface area contributed by atoms with Crippen molar-refractivity contribution in [2.45, 2.75) is 44.2 Å². The van der Waals surface area contributed by atoms with E-state index in [0.717, 1.165) is 0 Å². The van der Waals surface area contributed by atoms with Gasteiger partial charge in [0.15, 0.2) is 23.5 Å². The van der Waals surface area contributed by atoms with Gasteiger partial charge in [-0.05, 0) is 24.0 Å². The molecule has 2 fully saturated rings. The van der Waals surface area contributed by atoms with Crippen molar-refractivity contribution in [2.24, 2.45) is 0 Å². The summed E-state index contributed by atoms with van der Waals surface area (Å²) in [6, 6.07) is 0. The Balaban J connectivity index is 1.77. The highest BCUT2D eigenvalue weighted by Gasteiger charge is 2.55. The molecule has 0 saturated carbocycles. The predicted octanol–water partition coefficient (Wildman–Crippen LogP) is 1.77. The summed E-state index contributed by atoms with van der Waals surface area (Å²) >= 11 is 2.17. The molecule has 4 atom stereocenters. The van der Waals surface area contributed by atoms with Crippen LogP contribution in [0.1, 0.15) is 20.1 Å². The molecule has 4 heterocycles. The molecule has 0 aromatic carbocycles. The lowest BCUT2D eigenvalue weighted by Crippen LogP contribution is -2.28. The largest absolute Gasteiger partial charge is 0.382 e. The first kappa shape index (κ1) is 15.2. The quantitative estimate of drug-likeness (QED) is 0.727. The fourth-order valence-electron chi connectivity index (χ4n) is 3.11. The van der Waals surface area contributed by atoms with Gasteiger partial charge in [0.05, 0.1) is 6.33 Å². The molecule has 0 bridgehead atoms. The number of ether oxygens (including phenoxy) is 3. The maximum atomic E-state index is 6.13. The van der Waals surface area contributed by atoms with Crippen LogP contribution in [0.15, 0.2) is 22.8 Å². The summed E-state index contributed by atoms with van der Waals surface area (Å²) < 4.78 is 22.0. The van der Waals surface area contributed by atoms with Gasteiger partial charge in [-0.25, -0.2) is 15.0 Å². The van der Waals surface area contributed by atoms with Crippen molar-refractivity contribution < 1.29 is 14.2 Å². The molecule has 23 heavy (non-hydrogen) atoms. The Hall–Kier alpha value is -1.30. The highest BCUT2D eigenvalue weighted by Crippen LogP contribution is 2.44. The molecule has 0 radical (unpaired) electrons. The van der Waals surface area contributed by atoms with Crippen LogP contribution in [0.3, 0.4) is 0 Å². The maximum Gasteiger partial charge on any atom is 0.167 e. The summed E-state index contributed by atoms with van der Waals surface area (Å²) in [7, 11) is 0. The van der Waals surface area contributed by atoms with Crippen molar-refractivity contribution in [3.63, 3.8) is 0 Å². The van der Waals surface area contributed by atoms with Crippen molar-refractivity contribution >= 4 is 39.6 Å². The van der Waals surface area contributed by atoms with Crippen LogP contribution >= 0.6 is 22.6 Å². The minimum Gasteiger partial charge on any atom is -0.382 e. The van der Waals surface area contributed by atoms with Crippen molar-refractivity contribution in [3.8, 4) is 0 Å². The third kappa shape index (κ3) is 2.42. The molecule has 2 aliphatic heterocycles. The third-order valence-corrected chi connectivity index (χ3v) is 4.40. The van der Waals surface area contributed by atoms with Crippen molar-refractivity contribution in [2.75, 3.05) is 5.73 Å². The van der Waals surface area contributed by atoms with Crippen LogP contribution in [0.5, 0.6) is 0 Å². The van der Waals surface area contributed by atoms with E-state index in [9.17, 15) is 0 Å². The number of anilines is 1. The number of nitrogens with two attached hydrogens (primary N) is 1. The number of aromatic nitrogens is 4. The number of imidazole rings is 1. The Morgan fingerprint density at radius 3 is 2.83 bits per heavy atom. The zero-order chi connectivity index (χ0) is 16.2. The predicted molar refractivity (Wildman–Crippen MR) is 90.6 cm³/mol. The van der Waals surface area contributed by atoms with Gasteiger partial charge in [-0.15, -0.1) is 0 Å². The zero-order valence-corrected chi connectivity index (χ0v) is 14.7. The number of hydrogen-bond acceptors (Lipinski definition) is 7. The van der Waals surface area contributed by atoms with E-state index in [0.29, 0.717) is 17.0 Å². The van der Waals surface area contributed by atoms with Crippen LogP contribution in [0.4, 0.5) is 5.82 Å². The molecule has 2 N–H and O–H groups in total. The first-order valence-corrected chi connectivity index (χ1v) is 8.46. The average molecular weight is 429 g/mol. The van der Waals surface area contributed by atoms with E-state index in [1.165, 1.54) is 6.33 Å². The Bertz CT molecular complexity index is 777. The SMILES string of the molecule is CC1(C)O[C@@H]2[C@H](O1)[C@@H](/C=C\I)O[C@H]2n1cnc2c(N)ncnc21. The van der Waals surface area contributed by atoms with E-state index in [4.69, 9.17) is 19.9 Å². The molecule has 0 aliphatic carbocycles. The molecular formula is C14H16IN5O3. The standard InChI is InChI=1S/C14H16IN5O3/c1-14(2)22-9-7(3-4-15)21-13(10(9)23-14)20-6-19-8-11(16)17-5-18-12(8)20/h3-7,9-10,13H,1-2H3,(H2,16,17,18)/b4-3-/t7-,9-,10-,13-/m1/s1. The lowest BCUT2D eigenvalue weighted by Gasteiger charge is -2.23. The number of nitrogens with zero attached hydrogens (tertiary/aromatic N) is 4. The lowest BCUT2D eigenvalue weighted by molar-refractivity contribution is -0.191. The normalized spacial score (nSPS) is 32.8. The average Bonchev–Trinajstić information content (AvgIpc) is 3.13. The maximum absolute atomic E-state index is 6.13. The van der Waals surface area contributed by atoms with Crippen LogP contribution in [-0.4, -0.2) is 43.6 Å². The highest BCUT2D eigenvalue weighted by atomic mass is 127. The van der Waals surface area contributed by atoms with E-state index in [1.54, 1.807) is 6.33 Å². The smallest absolute Gasteiger partial charge is 0.167 e. The zero-order valence-electron chi connectivity index (χ0n) is 12.6. The minimum absolute atomic E-state index is 0.183. The summed E-state index contributed by atoms with van der Waals surface area (Å²) in [4.78, 5) is 12.5. The number of halogens is 1. The molecule has 0 spiro atoms. The van der Waals surface area contributed by atoms with Gasteiger partial charge in [0.25, 0.3) is 0 Å². The van der Waals surface area contributed by atoms with Gasteiger partial charge >= 0.3 is 0 Å². The highest BCUT2D eigenvalue weighted by molar-refractivity contribution is 14.1. The summed E-state index contributed by atoms with van der Waals surface area (Å²) in [5.41, 5.74) is 7.03. The number of nitrogen functional groups attached to an aromatic ring is 1. The number of hydrogen-bond donors (Lipinski definition) is 1. The fourth-order valence-corrected chi connectivity index (χ4v) is 3.52. The van der Waals surface area contributed by atoms with Crippen LogP contribution in [-0.2, 0) is 14.2 Å². The lowest BCUT2D eigenvalue weighted by atomic mass is 10.1. The van der Waals surface area contributed by atoms with Gasteiger partial charge in [-0.2, -0.15) is 0 Å². The van der Waals surface area contributed by atoms with Crippen molar-refractivity contribution in [3.05, 3.63) is 22.8 Å². The van der Waals surface area contributed by atoms with Crippen LogP contribution in [0.2, 0.25) is 0 Å². The molecule has 4 rings (SSSR count). The molecule has 2 saturated heterocycles. The molecule has 8 nitrogen and oxygen atoms in total. The minimum atomic E-state index is -0.654. The molecule has 2 aromatic heterocycles. The molecule has 9 heteroatoms. The Kier molecular flexibility index (Phi) is 3.55. The van der Waals surface area contributed by atoms with Gasteiger partial charge in [0.1, 0.15) is 30.2 Å². The summed E-state index contributed by atoms with van der Waals surface area (Å²) in [5.74, 6) is -0.310. The molecular weight excluding hydrogens is 413 g/mol. The van der Waals surface area contributed by atoms with Crippen molar-refractivity contribution in [1.82, 2.24) is 19.5 Å². The van der Waals surface area contributed by atoms with E-state index >= 15 is 0 Å².